The third kappa shape index (κ3) is 4.69. The molecular weight excluding hydrogens is 366 g/mol. The number of sulfonamides is 1. The zero-order valence-electron chi connectivity index (χ0n) is 16.2. The molecule has 1 amide bonds. The molecule has 0 aromatic carbocycles. The SMILES string of the molecule is CC(C)N(c1ccnc(NCC2CC3CCCCC3NC2=O)n1)S(C)(=O)=O. The van der Waals surface area contributed by atoms with Gasteiger partial charge in [-0.25, -0.2) is 13.4 Å². The van der Waals surface area contributed by atoms with E-state index < -0.39 is 10.0 Å². The van der Waals surface area contributed by atoms with Crippen molar-refractivity contribution in [1.29, 1.82) is 0 Å². The molecular formula is C18H29N5O3S. The van der Waals surface area contributed by atoms with Gasteiger partial charge in [-0.05, 0) is 39.0 Å². The van der Waals surface area contributed by atoms with Crippen LogP contribution in [-0.4, -0.2) is 49.2 Å². The molecule has 9 heteroatoms. The van der Waals surface area contributed by atoms with E-state index in [-0.39, 0.29) is 17.9 Å². The van der Waals surface area contributed by atoms with E-state index in [9.17, 15) is 13.2 Å². The van der Waals surface area contributed by atoms with Crippen molar-refractivity contribution in [3.05, 3.63) is 12.3 Å². The maximum absolute atomic E-state index is 12.4. The Morgan fingerprint density at radius 1 is 1.33 bits per heavy atom. The Labute approximate surface area is 161 Å². The number of amides is 1. The van der Waals surface area contributed by atoms with Gasteiger partial charge in [-0.15, -0.1) is 0 Å². The van der Waals surface area contributed by atoms with Gasteiger partial charge in [-0.3, -0.25) is 9.10 Å². The summed E-state index contributed by atoms with van der Waals surface area (Å²) >= 11 is 0. The van der Waals surface area contributed by atoms with Gasteiger partial charge in [0.05, 0.1) is 12.2 Å². The minimum absolute atomic E-state index is 0.0850. The number of anilines is 2. The molecule has 1 aromatic rings. The highest BCUT2D eigenvalue weighted by molar-refractivity contribution is 7.92. The summed E-state index contributed by atoms with van der Waals surface area (Å²) in [4.78, 5) is 20.9. The molecule has 1 aromatic heterocycles. The molecule has 0 spiro atoms. The molecule has 8 nitrogen and oxygen atoms in total. The van der Waals surface area contributed by atoms with Crippen LogP contribution in [0, 0.1) is 11.8 Å². The van der Waals surface area contributed by atoms with Gasteiger partial charge in [-0.1, -0.05) is 12.8 Å². The first-order valence-corrected chi connectivity index (χ1v) is 11.5. The average molecular weight is 396 g/mol. The van der Waals surface area contributed by atoms with Crippen LogP contribution in [0.15, 0.2) is 12.3 Å². The summed E-state index contributed by atoms with van der Waals surface area (Å²) in [6.07, 6.45) is 8.25. The Kier molecular flexibility index (Phi) is 5.88. The number of carbonyl (C=O) groups excluding carboxylic acids is 1. The van der Waals surface area contributed by atoms with Gasteiger partial charge in [0, 0.05) is 30.9 Å². The zero-order chi connectivity index (χ0) is 19.6. The van der Waals surface area contributed by atoms with Crippen LogP contribution in [0.5, 0.6) is 0 Å². The van der Waals surface area contributed by atoms with Gasteiger partial charge >= 0.3 is 0 Å². The van der Waals surface area contributed by atoms with Crippen molar-refractivity contribution >= 4 is 27.7 Å². The van der Waals surface area contributed by atoms with E-state index in [4.69, 9.17) is 0 Å². The van der Waals surface area contributed by atoms with Crippen LogP contribution in [0.4, 0.5) is 11.8 Å². The first-order valence-electron chi connectivity index (χ1n) is 9.62. The summed E-state index contributed by atoms with van der Waals surface area (Å²) in [6.45, 7) is 4.03. The number of carbonyl (C=O) groups is 1. The van der Waals surface area contributed by atoms with Crippen molar-refractivity contribution in [2.75, 3.05) is 22.4 Å². The second-order valence-corrected chi connectivity index (χ2v) is 9.72. The van der Waals surface area contributed by atoms with Crippen molar-refractivity contribution < 1.29 is 13.2 Å². The average Bonchev–Trinajstić information content (AvgIpc) is 2.58. The molecule has 3 atom stereocenters. The van der Waals surface area contributed by atoms with Gasteiger partial charge in [-0.2, -0.15) is 4.98 Å². The van der Waals surface area contributed by atoms with E-state index in [1.807, 2.05) is 0 Å². The topological polar surface area (TPSA) is 104 Å². The molecule has 0 bridgehead atoms. The molecule has 0 radical (unpaired) electrons. The lowest BCUT2D eigenvalue weighted by atomic mass is 9.76. The minimum atomic E-state index is -3.44. The van der Waals surface area contributed by atoms with E-state index in [0.29, 0.717) is 30.3 Å². The first-order chi connectivity index (χ1) is 12.8. The highest BCUT2D eigenvalue weighted by Crippen LogP contribution is 2.33. The largest absolute Gasteiger partial charge is 0.353 e. The number of piperidine rings is 1. The van der Waals surface area contributed by atoms with Crippen LogP contribution in [-0.2, 0) is 14.8 Å². The quantitative estimate of drug-likeness (QED) is 0.760. The summed E-state index contributed by atoms with van der Waals surface area (Å²) in [6, 6.07) is 1.65. The fourth-order valence-electron chi connectivity index (χ4n) is 4.22. The number of rotatable bonds is 6. The molecule has 1 aliphatic heterocycles. The van der Waals surface area contributed by atoms with Gasteiger partial charge in [0.25, 0.3) is 0 Å². The van der Waals surface area contributed by atoms with Gasteiger partial charge in [0.1, 0.15) is 5.82 Å². The summed E-state index contributed by atoms with van der Waals surface area (Å²) in [5, 5.41) is 6.28. The molecule has 2 heterocycles. The lowest BCUT2D eigenvalue weighted by molar-refractivity contribution is -0.129. The third-order valence-corrected chi connectivity index (χ3v) is 6.72. The standard InChI is InChI=1S/C18H29N5O3S/c1-12(2)23(27(3,25)26)16-8-9-19-18(22-16)20-11-14-10-13-6-4-5-7-15(13)21-17(14)24/h8-9,12-15H,4-7,10-11H2,1-3H3,(H,21,24)(H,19,20,22). The number of nitrogens with one attached hydrogen (secondary N) is 2. The molecule has 2 N–H and O–H groups in total. The first kappa shape index (κ1) is 19.9. The second-order valence-electron chi connectivity index (χ2n) is 7.86. The molecule has 1 aliphatic carbocycles. The van der Waals surface area contributed by atoms with Crippen molar-refractivity contribution in [3.8, 4) is 0 Å². The van der Waals surface area contributed by atoms with Crippen molar-refractivity contribution in [2.24, 2.45) is 11.8 Å². The number of aromatic nitrogens is 2. The van der Waals surface area contributed by atoms with Crippen LogP contribution < -0.4 is 14.9 Å². The van der Waals surface area contributed by atoms with Gasteiger partial charge in [0.2, 0.25) is 21.9 Å². The molecule has 150 valence electrons. The Bertz CT molecular complexity index is 783. The molecule has 1 saturated carbocycles. The Morgan fingerprint density at radius 2 is 2.07 bits per heavy atom. The number of nitrogens with zero attached hydrogens (tertiary/aromatic N) is 3. The van der Waals surface area contributed by atoms with Crippen LogP contribution in [0.3, 0.4) is 0 Å². The number of hydrogen-bond acceptors (Lipinski definition) is 6. The van der Waals surface area contributed by atoms with E-state index in [0.717, 1.165) is 19.1 Å². The molecule has 2 aliphatic rings. The Hall–Kier alpha value is -1.90. The van der Waals surface area contributed by atoms with Crippen molar-refractivity contribution in [3.63, 3.8) is 0 Å². The molecule has 2 fully saturated rings. The van der Waals surface area contributed by atoms with Gasteiger partial charge < -0.3 is 10.6 Å². The molecule has 3 rings (SSSR count). The maximum Gasteiger partial charge on any atom is 0.233 e. The normalized spacial score (nSPS) is 25.6. The predicted molar refractivity (Wildman–Crippen MR) is 105 cm³/mol. The number of hydrogen-bond donors (Lipinski definition) is 2. The fraction of sp³-hybridized carbons (Fsp3) is 0.722. The highest BCUT2D eigenvalue weighted by atomic mass is 32.2. The smallest absolute Gasteiger partial charge is 0.233 e. The summed E-state index contributed by atoms with van der Waals surface area (Å²) < 4.78 is 25.4. The molecule has 1 saturated heterocycles. The lowest BCUT2D eigenvalue weighted by Gasteiger charge is -2.39. The van der Waals surface area contributed by atoms with Gasteiger partial charge in [0.15, 0.2) is 0 Å². The molecule has 27 heavy (non-hydrogen) atoms. The van der Waals surface area contributed by atoms with E-state index in [1.165, 1.54) is 29.8 Å². The van der Waals surface area contributed by atoms with Crippen LogP contribution in [0.1, 0.15) is 46.0 Å². The Balaban J connectivity index is 1.67. The van der Waals surface area contributed by atoms with E-state index >= 15 is 0 Å². The lowest BCUT2D eigenvalue weighted by Crippen LogP contribution is -2.52. The summed E-state index contributed by atoms with van der Waals surface area (Å²) in [5.74, 6) is 1.18. The van der Waals surface area contributed by atoms with Crippen molar-refractivity contribution in [1.82, 2.24) is 15.3 Å². The van der Waals surface area contributed by atoms with Crippen LogP contribution in [0.25, 0.3) is 0 Å². The fourth-order valence-corrected chi connectivity index (χ4v) is 5.43. The molecule has 3 unspecified atom stereocenters. The third-order valence-electron chi connectivity index (χ3n) is 5.39. The maximum atomic E-state index is 12.4. The summed E-state index contributed by atoms with van der Waals surface area (Å²) in [5.41, 5.74) is 0. The number of fused-ring (bicyclic) bond motifs is 1. The predicted octanol–water partition coefficient (Wildman–Crippen LogP) is 1.76. The van der Waals surface area contributed by atoms with Crippen molar-refractivity contribution in [2.45, 2.75) is 58.0 Å². The highest BCUT2D eigenvalue weighted by Gasteiger charge is 2.36. The minimum Gasteiger partial charge on any atom is -0.353 e. The monoisotopic (exact) mass is 395 g/mol. The second kappa shape index (κ2) is 8.00. The van der Waals surface area contributed by atoms with Crippen LogP contribution in [0.2, 0.25) is 0 Å². The zero-order valence-corrected chi connectivity index (χ0v) is 17.0. The Morgan fingerprint density at radius 3 is 2.78 bits per heavy atom. The van der Waals surface area contributed by atoms with Crippen LogP contribution >= 0.6 is 0 Å². The van der Waals surface area contributed by atoms with E-state index in [1.54, 1.807) is 19.9 Å². The summed E-state index contributed by atoms with van der Waals surface area (Å²) in [7, 11) is -3.44. The van der Waals surface area contributed by atoms with E-state index in [2.05, 4.69) is 20.6 Å².